The summed E-state index contributed by atoms with van der Waals surface area (Å²) in [4.78, 5) is 12.3. The number of benzene rings is 2. The number of halogens is 1. The number of hydrogen-bond donors (Lipinski definition) is 3. The van der Waals surface area contributed by atoms with Gasteiger partial charge in [0.05, 0.1) is 5.02 Å². The van der Waals surface area contributed by atoms with Crippen LogP contribution in [-0.2, 0) is 0 Å². The van der Waals surface area contributed by atoms with Crippen LogP contribution in [0.2, 0.25) is 5.02 Å². The van der Waals surface area contributed by atoms with Crippen LogP contribution in [0.3, 0.4) is 0 Å². The highest BCUT2D eigenvalue weighted by atomic mass is 35.5. The number of nitrogens with one attached hydrogen (secondary N) is 2. The number of phenols is 1. The number of ether oxygens (including phenoxy) is 1. The van der Waals surface area contributed by atoms with Crippen LogP contribution < -0.4 is 15.4 Å². The van der Waals surface area contributed by atoms with Crippen LogP contribution in [0.15, 0.2) is 36.4 Å². The summed E-state index contributed by atoms with van der Waals surface area (Å²) in [6, 6.07) is 11.4. The largest absolute Gasteiger partial charge is 0.506 e. The lowest BCUT2D eigenvalue weighted by molar-refractivity contribution is -0.0236. The average molecular weight is 387 g/mol. The fraction of sp³-hybridized carbons (Fsp3) is 0.381. The van der Waals surface area contributed by atoms with Crippen LogP contribution in [0.4, 0.5) is 4.79 Å². The van der Waals surface area contributed by atoms with Gasteiger partial charge < -0.3 is 20.5 Å². The maximum absolute atomic E-state index is 12.3. The Morgan fingerprint density at radius 3 is 2.70 bits per heavy atom. The number of hydrogen-bond acceptors (Lipinski definition) is 3. The Labute approximate surface area is 163 Å². The zero-order valence-corrected chi connectivity index (χ0v) is 16.4. The van der Waals surface area contributed by atoms with Gasteiger partial charge in [-0.05, 0) is 32.4 Å². The van der Waals surface area contributed by atoms with E-state index < -0.39 is 11.3 Å². The number of amides is 2. The van der Waals surface area contributed by atoms with E-state index in [2.05, 4.69) is 35.8 Å². The molecule has 0 bridgehead atoms. The molecule has 3 N–H and O–H groups in total. The second-order valence-electron chi connectivity index (χ2n) is 8.25. The molecule has 2 aromatic rings. The number of fused-ring (bicyclic) bond motifs is 1. The molecule has 142 valence electrons. The molecule has 5 nitrogen and oxygen atoms in total. The standard InChI is InChI=1S/C21H23ClN2O3/c1-12-5-4-6-13(7-12)15-10-21(11-20(2,3)23-19(26)24-21)27-18-9-17(25)16(22)8-14(15)18/h4-9,15,25H,10-11H2,1-3H3,(H2,23,24,26)/t15-,21+/m1/s1. The fourth-order valence-corrected chi connectivity index (χ4v) is 4.50. The maximum Gasteiger partial charge on any atom is 0.318 e. The van der Waals surface area contributed by atoms with Crippen molar-refractivity contribution in [3.05, 3.63) is 58.1 Å². The molecule has 0 unspecified atom stereocenters. The van der Waals surface area contributed by atoms with E-state index in [1.807, 2.05) is 19.9 Å². The summed E-state index contributed by atoms with van der Waals surface area (Å²) in [5.74, 6) is 0.503. The van der Waals surface area contributed by atoms with E-state index >= 15 is 0 Å². The first-order valence-electron chi connectivity index (χ1n) is 9.05. The molecule has 27 heavy (non-hydrogen) atoms. The first kappa shape index (κ1) is 18.0. The Morgan fingerprint density at radius 2 is 2.00 bits per heavy atom. The third kappa shape index (κ3) is 3.32. The maximum atomic E-state index is 12.3. The molecule has 0 saturated carbocycles. The predicted molar refractivity (Wildman–Crippen MR) is 104 cm³/mol. The van der Waals surface area contributed by atoms with Crippen molar-refractivity contribution in [3.63, 3.8) is 0 Å². The van der Waals surface area contributed by atoms with Gasteiger partial charge in [-0.15, -0.1) is 0 Å². The van der Waals surface area contributed by atoms with Gasteiger partial charge in [-0.25, -0.2) is 4.79 Å². The second kappa shape index (κ2) is 6.06. The van der Waals surface area contributed by atoms with Gasteiger partial charge in [0.25, 0.3) is 0 Å². The Bertz CT molecular complexity index is 928. The molecular weight excluding hydrogens is 364 g/mol. The van der Waals surface area contributed by atoms with Crippen molar-refractivity contribution in [2.75, 3.05) is 0 Å². The number of aromatic hydroxyl groups is 1. The van der Waals surface area contributed by atoms with Crippen molar-refractivity contribution >= 4 is 17.6 Å². The summed E-state index contributed by atoms with van der Waals surface area (Å²) in [5, 5.41) is 16.3. The third-order valence-corrected chi connectivity index (χ3v) is 5.56. The molecule has 0 aliphatic carbocycles. The van der Waals surface area contributed by atoms with Crippen molar-refractivity contribution in [2.45, 2.75) is 50.8 Å². The number of rotatable bonds is 1. The monoisotopic (exact) mass is 386 g/mol. The lowest BCUT2D eigenvalue weighted by atomic mass is 9.77. The smallest absolute Gasteiger partial charge is 0.318 e. The van der Waals surface area contributed by atoms with Gasteiger partial charge in [0.2, 0.25) is 0 Å². The molecule has 0 radical (unpaired) electrons. The van der Waals surface area contributed by atoms with Gasteiger partial charge in [0, 0.05) is 35.9 Å². The van der Waals surface area contributed by atoms with Crippen LogP contribution in [0.1, 0.15) is 49.3 Å². The molecule has 2 aliphatic rings. The van der Waals surface area contributed by atoms with Crippen molar-refractivity contribution in [3.8, 4) is 11.5 Å². The molecule has 4 rings (SSSR count). The van der Waals surface area contributed by atoms with E-state index in [4.69, 9.17) is 16.3 Å². The zero-order valence-electron chi connectivity index (χ0n) is 15.6. The molecule has 2 atom stereocenters. The first-order valence-corrected chi connectivity index (χ1v) is 9.43. The van der Waals surface area contributed by atoms with E-state index in [1.54, 1.807) is 12.1 Å². The highest BCUT2D eigenvalue weighted by molar-refractivity contribution is 6.32. The van der Waals surface area contributed by atoms with Gasteiger partial charge in [-0.1, -0.05) is 41.4 Å². The van der Waals surface area contributed by atoms with E-state index in [1.165, 1.54) is 0 Å². The minimum Gasteiger partial charge on any atom is -0.506 e. The van der Waals surface area contributed by atoms with Gasteiger partial charge in [0.1, 0.15) is 11.5 Å². The minimum absolute atomic E-state index is 0.0130. The summed E-state index contributed by atoms with van der Waals surface area (Å²) in [6.45, 7) is 6.01. The summed E-state index contributed by atoms with van der Waals surface area (Å²) in [7, 11) is 0. The summed E-state index contributed by atoms with van der Waals surface area (Å²) < 4.78 is 6.29. The molecule has 0 aromatic heterocycles. The second-order valence-corrected chi connectivity index (χ2v) is 8.66. The van der Waals surface area contributed by atoms with E-state index in [-0.39, 0.29) is 17.7 Å². The van der Waals surface area contributed by atoms with Crippen LogP contribution in [0, 0.1) is 6.92 Å². The van der Waals surface area contributed by atoms with Crippen LogP contribution in [-0.4, -0.2) is 22.4 Å². The predicted octanol–water partition coefficient (Wildman–Crippen LogP) is 4.45. The van der Waals surface area contributed by atoms with Gasteiger partial charge in [0.15, 0.2) is 5.72 Å². The van der Waals surface area contributed by atoms with Crippen molar-refractivity contribution in [2.24, 2.45) is 0 Å². The molecule has 1 spiro atoms. The number of urea groups is 1. The average Bonchev–Trinajstić information content (AvgIpc) is 2.54. The number of carbonyl (C=O) groups excluding carboxylic acids is 1. The molecule has 2 aliphatic heterocycles. The summed E-state index contributed by atoms with van der Waals surface area (Å²) >= 11 is 6.19. The highest BCUT2D eigenvalue weighted by Gasteiger charge is 2.49. The van der Waals surface area contributed by atoms with Crippen molar-refractivity contribution in [1.29, 1.82) is 0 Å². The number of carbonyl (C=O) groups is 1. The molecule has 2 aromatic carbocycles. The SMILES string of the molecule is Cc1cccc([C@H]2C[C@@]3(CC(C)(C)NC(=O)N3)Oc3cc(O)c(Cl)cc32)c1. The lowest BCUT2D eigenvalue weighted by Crippen LogP contribution is -2.69. The Hall–Kier alpha value is -2.40. The number of phenolic OH excluding ortho intramolecular Hbond substituents is 1. The lowest BCUT2D eigenvalue weighted by Gasteiger charge is -2.49. The fourth-order valence-electron chi connectivity index (χ4n) is 4.33. The molecule has 2 heterocycles. The van der Waals surface area contributed by atoms with E-state index in [0.717, 1.165) is 16.7 Å². The normalized spacial score (nSPS) is 25.9. The molecule has 1 fully saturated rings. The summed E-state index contributed by atoms with van der Waals surface area (Å²) in [6.07, 6.45) is 1.18. The van der Waals surface area contributed by atoms with Crippen molar-refractivity contribution < 1.29 is 14.6 Å². The van der Waals surface area contributed by atoms with E-state index in [9.17, 15) is 9.90 Å². The summed E-state index contributed by atoms with van der Waals surface area (Å²) in [5.41, 5.74) is 1.94. The van der Waals surface area contributed by atoms with Gasteiger partial charge in [-0.2, -0.15) is 0 Å². The van der Waals surface area contributed by atoms with Crippen LogP contribution >= 0.6 is 11.6 Å². The van der Waals surface area contributed by atoms with Crippen LogP contribution in [0.5, 0.6) is 11.5 Å². The number of aryl methyl sites for hydroxylation is 1. The quantitative estimate of drug-likeness (QED) is 0.678. The molecular formula is C21H23ClN2O3. The highest BCUT2D eigenvalue weighted by Crippen LogP contribution is 2.49. The molecule has 1 saturated heterocycles. The van der Waals surface area contributed by atoms with Gasteiger partial charge >= 0.3 is 6.03 Å². The minimum atomic E-state index is -0.854. The molecule has 6 heteroatoms. The Kier molecular flexibility index (Phi) is 4.04. The van der Waals surface area contributed by atoms with Crippen molar-refractivity contribution in [1.82, 2.24) is 10.6 Å². The Morgan fingerprint density at radius 1 is 1.22 bits per heavy atom. The Balaban J connectivity index is 1.85. The topological polar surface area (TPSA) is 70.6 Å². The first-order chi connectivity index (χ1) is 12.7. The van der Waals surface area contributed by atoms with Gasteiger partial charge in [-0.3, -0.25) is 0 Å². The van der Waals surface area contributed by atoms with E-state index in [0.29, 0.717) is 23.6 Å². The van der Waals surface area contributed by atoms with Crippen LogP contribution in [0.25, 0.3) is 0 Å². The molecule has 2 amide bonds. The third-order valence-electron chi connectivity index (χ3n) is 5.26. The zero-order chi connectivity index (χ0) is 19.4.